The summed E-state index contributed by atoms with van der Waals surface area (Å²) in [6, 6.07) is 28.9. The first-order valence-corrected chi connectivity index (χ1v) is 16.5. The topological polar surface area (TPSA) is 13.1 Å². The molecule has 0 spiro atoms. The fraction of sp³-hybridized carbons (Fsp3) is 0.200. The molecule has 0 bridgehead atoms. The molecule has 0 amide bonds. The van der Waals surface area contributed by atoms with Crippen molar-refractivity contribution in [1.29, 1.82) is 0 Å². The van der Waals surface area contributed by atoms with Crippen molar-refractivity contribution in [3.05, 3.63) is 129 Å². The van der Waals surface area contributed by atoms with E-state index in [1.165, 1.54) is 115 Å². The van der Waals surface area contributed by atoms with Crippen LogP contribution in [0.25, 0.3) is 76.5 Å². The Morgan fingerprint density at radius 1 is 0.370 bits per heavy atom. The SMILES string of the molecule is Cc1c(C)c(C)c2c(-c3ccc4oc5c(C)c6ccccc6cc5c4c3)c3c(C)c(C)c(C)c(C)c3c(-c3ccccc3)c2c1C. The molecule has 1 heteroatoms. The molecule has 0 aliphatic heterocycles. The number of furan rings is 1. The Morgan fingerprint density at radius 2 is 0.870 bits per heavy atom. The maximum absolute atomic E-state index is 6.59. The van der Waals surface area contributed by atoms with Crippen molar-refractivity contribution in [3.63, 3.8) is 0 Å². The molecular weight excluding hydrogens is 556 g/mol. The van der Waals surface area contributed by atoms with Crippen molar-refractivity contribution in [3.8, 4) is 22.3 Å². The van der Waals surface area contributed by atoms with Gasteiger partial charge in [-0.05, 0) is 180 Å². The molecule has 226 valence electrons. The molecule has 46 heavy (non-hydrogen) atoms. The predicted molar refractivity (Wildman–Crippen MR) is 200 cm³/mol. The minimum Gasteiger partial charge on any atom is -0.456 e. The zero-order valence-electron chi connectivity index (χ0n) is 28.4. The molecule has 8 aromatic rings. The van der Waals surface area contributed by atoms with Gasteiger partial charge in [-0.25, -0.2) is 0 Å². The first-order chi connectivity index (χ1) is 22.1. The van der Waals surface area contributed by atoms with E-state index in [0.29, 0.717) is 0 Å². The largest absolute Gasteiger partial charge is 0.456 e. The van der Waals surface area contributed by atoms with Crippen LogP contribution in [0, 0.1) is 62.3 Å². The van der Waals surface area contributed by atoms with Crippen molar-refractivity contribution in [2.75, 3.05) is 0 Å². The van der Waals surface area contributed by atoms with Gasteiger partial charge in [-0.3, -0.25) is 0 Å². The maximum Gasteiger partial charge on any atom is 0.138 e. The lowest BCUT2D eigenvalue weighted by molar-refractivity contribution is 0.666. The summed E-state index contributed by atoms with van der Waals surface area (Å²) >= 11 is 0. The van der Waals surface area contributed by atoms with Gasteiger partial charge in [-0.15, -0.1) is 0 Å². The van der Waals surface area contributed by atoms with Crippen LogP contribution < -0.4 is 0 Å². The van der Waals surface area contributed by atoms with Crippen LogP contribution in [0.5, 0.6) is 0 Å². The van der Waals surface area contributed by atoms with Crippen LogP contribution in [-0.2, 0) is 0 Å². The van der Waals surface area contributed by atoms with Crippen LogP contribution >= 0.6 is 0 Å². The maximum atomic E-state index is 6.59. The third-order valence-corrected chi connectivity index (χ3v) is 11.5. The molecule has 0 saturated carbocycles. The summed E-state index contributed by atoms with van der Waals surface area (Å²) in [5.74, 6) is 0. The summed E-state index contributed by atoms with van der Waals surface area (Å²) in [7, 11) is 0. The lowest BCUT2D eigenvalue weighted by Crippen LogP contribution is -2.03. The number of aryl methyl sites for hydroxylation is 5. The van der Waals surface area contributed by atoms with Crippen LogP contribution in [0.1, 0.15) is 50.1 Å². The van der Waals surface area contributed by atoms with E-state index in [1.54, 1.807) is 0 Å². The van der Waals surface area contributed by atoms with Crippen molar-refractivity contribution in [1.82, 2.24) is 0 Å². The third kappa shape index (κ3) is 3.75. The highest BCUT2D eigenvalue weighted by atomic mass is 16.3. The van der Waals surface area contributed by atoms with Crippen LogP contribution in [-0.4, -0.2) is 0 Å². The van der Waals surface area contributed by atoms with E-state index in [9.17, 15) is 0 Å². The molecule has 8 rings (SSSR count). The molecule has 1 nitrogen and oxygen atoms in total. The zero-order chi connectivity index (χ0) is 32.2. The molecular formula is C45H40O. The summed E-state index contributed by atoms with van der Waals surface area (Å²) in [6.45, 7) is 20.7. The summed E-state index contributed by atoms with van der Waals surface area (Å²) in [4.78, 5) is 0. The summed E-state index contributed by atoms with van der Waals surface area (Å²) < 4.78 is 6.59. The van der Waals surface area contributed by atoms with Crippen molar-refractivity contribution in [2.45, 2.75) is 62.3 Å². The van der Waals surface area contributed by atoms with Gasteiger partial charge in [-0.2, -0.15) is 0 Å². The van der Waals surface area contributed by atoms with Crippen molar-refractivity contribution >= 4 is 54.3 Å². The Hall–Kier alpha value is -4.88. The molecule has 0 fully saturated rings. The molecule has 0 atom stereocenters. The summed E-state index contributed by atoms with van der Waals surface area (Å²) in [6.07, 6.45) is 0. The average molecular weight is 597 g/mol. The van der Waals surface area contributed by atoms with Gasteiger partial charge >= 0.3 is 0 Å². The highest BCUT2D eigenvalue weighted by Crippen LogP contribution is 2.51. The number of benzene rings is 7. The van der Waals surface area contributed by atoms with Crippen molar-refractivity contribution in [2.24, 2.45) is 0 Å². The second kappa shape index (κ2) is 10.1. The Bertz CT molecular complexity index is 2510. The Kier molecular flexibility index (Phi) is 6.25. The standard InChI is InChI=1S/C45H40O/c1-23-25(3)29(7)41-39(27(23)5)43(32-15-11-10-12-16-32)40-28(6)24(2)26(4)30(8)42(40)44(41)34-19-20-38-36(22-34)37-21-33-17-13-14-18-35(33)31(9)45(37)46-38/h10-22H,1-9H3. The van der Waals surface area contributed by atoms with Crippen LogP contribution in [0.3, 0.4) is 0 Å². The van der Waals surface area contributed by atoms with E-state index in [1.807, 2.05) is 0 Å². The Labute approximate surface area is 271 Å². The van der Waals surface area contributed by atoms with E-state index in [-0.39, 0.29) is 0 Å². The predicted octanol–water partition coefficient (Wildman–Crippen LogP) is 13.2. The normalized spacial score (nSPS) is 12.0. The van der Waals surface area contributed by atoms with Gasteiger partial charge in [-0.1, -0.05) is 60.7 Å². The van der Waals surface area contributed by atoms with Gasteiger partial charge in [0.05, 0.1) is 0 Å². The molecule has 7 aromatic carbocycles. The second-order valence-corrected chi connectivity index (χ2v) is 13.5. The first kappa shape index (κ1) is 28.6. The molecule has 0 aliphatic carbocycles. The fourth-order valence-corrected chi connectivity index (χ4v) is 8.24. The number of hydrogen-bond acceptors (Lipinski definition) is 1. The van der Waals surface area contributed by atoms with E-state index in [4.69, 9.17) is 4.42 Å². The molecule has 0 N–H and O–H groups in total. The smallest absolute Gasteiger partial charge is 0.138 e. The van der Waals surface area contributed by atoms with Crippen LogP contribution in [0.2, 0.25) is 0 Å². The van der Waals surface area contributed by atoms with Gasteiger partial charge in [0.25, 0.3) is 0 Å². The van der Waals surface area contributed by atoms with Crippen LogP contribution in [0.4, 0.5) is 0 Å². The lowest BCUT2D eigenvalue weighted by Gasteiger charge is -2.27. The fourth-order valence-electron chi connectivity index (χ4n) is 8.24. The monoisotopic (exact) mass is 596 g/mol. The number of fused-ring (bicyclic) bond motifs is 6. The molecule has 0 aliphatic rings. The minimum absolute atomic E-state index is 0.937. The molecule has 0 unspecified atom stereocenters. The average Bonchev–Trinajstić information content (AvgIpc) is 3.45. The van der Waals surface area contributed by atoms with Gasteiger partial charge < -0.3 is 4.42 Å². The Morgan fingerprint density at radius 3 is 1.43 bits per heavy atom. The van der Waals surface area contributed by atoms with E-state index >= 15 is 0 Å². The number of hydrogen-bond donors (Lipinski definition) is 0. The van der Waals surface area contributed by atoms with Gasteiger partial charge in [0.15, 0.2) is 0 Å². The minimum atomic E-state index is 0.937. The summed E-state index contributed by atoms with van der Waals surface area (Å²) in [5.41, 5.74) is 19.3. The van der Waals surface area contributed by atoms with Gasteiger partial charge in [0.1, 0.15) is 11.2 Å². The Balaban J connectivity index is 1.63. The van der Waals surface area contributed by atoms with E-state index < -0.39 is 0 Å². The highest BCUT2D eigenvalue weighted by molar-refractivity contribution is 6.26. The summed E-state index contributed by atoms with van der Waals surface area (Å²) in [5, 5.41) is 10.3. The number of rotatable bonds is 2. The highest BCUT2D eigenvalue weighted by Gasteiger charge is 2.26. The van der Waals surface area contributed by atoms with Gasteiger partial charge in [0, 0.05) is 16.3 Å². The third-order valence-electron chi connectivity index (χ3n) is 11.5. The molecule has 1 heterocycles. The van der Waals surface area contributed by atoms with Crippen LogP contribution in [0.15, 0.2) is 83.3 Å². The zero-order valence-corrected chi connectivity index (χ0v) is 28.4. The van der Waals surface area contributed by atoms with E-state index in [0.717, 1.165) is 11.2 Å². The molecule has 0 saturated heterocycles. The first-order valence-electron chi connectivity index (χ1n) is 16.5. The quantitative estimate of drug-likeness (QED) is 0.181. The second-order valence-electron chi connectivity index (χ2n) is 13.5. The van der Waals surface area contributed by atoms with Gasteiger partial charge in [0.2, 0.25) is 0 Å². The van der Waals surface area contributed by atoms with Crippen molar-refractivity contribution < 1.29 is 4.42 Å². The molecule has 1 aromatic heterocycles. The lowest BCUT2D eigenvalue weighted by atomic mass is 9.76. The molecule has 0 radical (unpaired) electrons. The van der Waals surface area contributed by atoms with E-state index in [2.05, 4.69) is 141 Å².